The van der Waals surface area contributed by atoms with Gasteiger partial charge in [-0.25, -0.2) is 9.59 Å². The molecule has 0 aliphatic rings. The summed E-state index contributed by atoms with van der Waals surface area (Å²) in [5.41, 5.74) is 0. The van der Waals surface area contributed by atoms with Gasteiger partial charge in [-0.1, -0.05) is 0 Å². The molecule has 0 saturated carbocycles. The summed E-state index contributed by atoms with van der Waals surface area (Å²) in [4.78, 5) is 19.9. The number of aliphatic hydroxyl groups excluding tert-OH is 8. The van der Waals surface area contributed by atoms with Crippen LogP contribution in [0.4, 0.5) is 0 Å². The van der Waals surface area contributed by atoms with Crippen LogP contribution in [-0.4, -0.2) is 113 Å². The van der Waals surface area contributed by atoms with E-state index in [1.165, 1.54) is 0 Å². The predicted octanol–water partition coefficient (Wildman–Crippen LogP) is -5.71. The van der Waals surface area contributed by atoms with E-state index in [4.69, 9.17) is 51.1 Å². The monoisotopic (exact) mass is 332 g/mol. The maximum absolute atomic E-state index is 9.96. The summed E-state index contributed by atoms with van der Waals surface area (Å²) >= 11 is 0. The summed E-state index contributed by atoms with van der Waals surface area (Å²) in [7, 11) is 0. The number of carbonyl (C=O) groups is 2. The lowest BCUT2D eigenvalue weighted by molar-refractivity contribution is -0.160. The van der Waals surface area contributed by atoms with Crippen LogP contribution in [-0.2, 0) is 9.59 Å². The predicted molar refractivity (Wildman–Crippen MR) is 65.5 cm³/mol. The first-order valence-electron chi connectivity index (χ1n) is 5.76. The van der Waals surface area contributed by atoms with Crippen molar-refractivity contribution in [3.63, 3.8) is 0 Å². The Kier molecular flexibility index (Phi) is 11.7. The Hall–Kier alpha value is -1.38. The third kappa shape index (κ3) is 8.16. The minimum absolute atomic E-state index is 0.800. The Morgan fingerprint density at radius 2 is 0.864 bits per heavy atom. The highest BCUT2D eigenvalue weighted by Gasteiger charge is 2.30. The van der Waals surface area contributed by atoms with Crippen LogP contribution in [0.3, 0.4) is 0 Å². The summed E-state index contributed by atoms with van der Waals surface area (Å²) in [6, 6.07) is 0. The van der Waals surface area contributed by atoms with Crippen molar-refractivity contribution in [3.05, 3.63) is 0 Å². The van der Waals surface area contributed by atoms with Crippen LogP contribution in [0, 0.1) is 0 Å². The minimum Gasteiger partial charge on any atom is -0.479 e. The Balaban J connectivity index is 0. The van der Waals surface area contributed by atoms with Crippen molar-refractivity contribution in [3.8, 4) is 0 Å². The summed E-state index contributed by atoms with van der Waals surface area (Å²) < 4.78 is 0. The van der Waals surface area contributed by atoms with Crippen LogP contribution >= 0.6 is 0 Å². The van der Waals surface area contributed by atoms with Gasteiger partial charge in [0.25, 0.3) is 0 Å². The van der Waals surface area contributed by atoms with Crippen LogP contribution in [0.25, 0.3) is 0 Å². The standard InChI is InChI=1S/2C5H10O6/c2*6-1-2(7)3(8)4(9)5(10)11/h2*2-4,6-9H,1H2,(H,10,11)/t2*2-,3+,4-/m10/s1. The number of carboxylic acid groups (broad SMARTS) is 2. The van der Waals surface area contributed by atoms with Gasteiger partial charge in [0.1, 0.15) is 24.4 Å². The van der Waals surface area contributed by atoms with Crippen molar-refractivity contribution < 1.29 is 60.7 Å². The SMILES string of the molecule is O=C(O)[C@@H](O)[C@H](O)[C@@H](O)CO.O=C(O)[C@H](O)[C@@H](O)[C@H](O)CO. The fourth-order valence-electron chi connectivity index (χ4n) is 0.929. The molecule has 132 valence electrons. The van der Waals surface area contributed by atoms with Crippen LogP contribution in [0.5, 0.6) is 0 Å². The van der Waals surface area contributed by atoms with Crippen LogP contribution in [0.2, 0.25) is 0 Å². The van der Waals surface area contributed by atoms with Crippen molar-refractivity contribution in [2.75, 3.05) is 13.2 Å². The number of hydrogen-bond acceptors (Lipinski definition) is 10. The Morgan fingerprint density at radius 3 is 1.00 bits per heavy atom. The fraction of sp³-hybridized carbons (Fsp3) is 0.800. The van der Waals surface area contributed by atoms with E-state index >= 15 is 0 Å². The molecule has 0 bridgehead atoms. The zero-order chi connectivity index (χ0) is 18.0. The maximum Gasteiger partial charge on any atom is 0.335 e. The quantitative estimate of drug-likeness (QED) is 0.200. The first-order valence-corrected chi connectivity index (χ1v) is 5.76. The Labute approximate surface area is 123 Å². The molecule has 6 atom stereocenters. The summed E-state index contributed by atoms with van der Waals surface area (Å²) in [5, 5.41) is 84.5. The van der Waals surface area contributed by atoms with E-state index in [0.29, 0.717) is 0 Å². The van der Waals surface area contributed by atoms with Gasteiger partial charge in [-0.05, 0) is 0 Å². The van der Waals surface area contributed by atoms with E-state index in [-0.39, 0.29) is 0 Å². The largest absolute Gasteiger partial charge is 0.479 e. The molecule has 0 rings (SSSR count). The van der Waals surface area contributed by atoms with Gasteiger partial charge in [0.15, 0.2) is 12.2 Å². The fourth-order valence-corrected chi connectivity index (χ4v) is 0.929. The molecular weight excluding hydrogens is 312 g/mol. The normalized spacial score (nSPS) is 18.9. The molecule has 12 nitrogen and oxygen atoms in total. The molecule has 0 aliphatic heterocycles. The number of aliphatic carboxylic acids is 2. The van der Waals surface area contributed by atoms with Gasteiger partial charge in [-0.15, -0.1) is 0 Å². The third-order valence-electron chi connectivity index (χ3n) is 2.32. The molecule has 0 aliphatic carbocycles. The van der Waals surface area contributed by atoms with Crippen molar-refractivity contribution >= 4 is 11.9 Å². The van der Waals surface area contributed by atoms with Gasteiger partial charge in [-0.2, -0.15) is 0 Å². The minimum atomic E-state index is -2.07. The van der Waals surface area contributed by atoms with E-state index < -0.39 is 61.8 Å². The lowest BCUT2D eigenvalue weighted by Crippen LogP contribution is -2.43. The molecule has 0 amide bonds. The first-order chi connectivity index (χ1) is 10.0. The topological polar surface area (TPSA) is 236 Å². The smallest absolute Gasteiger partial charge is 0.335 e. The molecule has 22 heavy (non-hydrogen) atoms. The van der Waals surface area contributed by atoms with Crippen molar-refractivity contribution in [2.24, 2.45) is 0 Å². The van der Waals surface area contributed by atoms with E-state index in [9.17, 15) is 9.59 Å². The first kappa shape index (κ1) is 22.9. The molecule has 0 spiro atoms. The molecule has 0 aromatic rings. The van der Waals surface area contributed by atoms with Crippen molar-refractivity contribution in [2.45, 2.75) is 36.6 Å². The van der Waals surface area contributed by atoms with E-state index in [2.05, 4.69) is 0 Å². The van der Waals surface area contributed by atoms with Crippen LogP contribution in [0.1, 0.15) is 0 Å². The number of aliphatic hydroxyl groups is 8. The second-order valence-corrected chi connectivity index (χ2v) is 4.05. The summed E-state index contributed by atoms with van der Waals surface area (Å²) in [6.07, 6.45) is -11.1. The van der Waals surface area contributed by atoms with E-state index in [1.807, 2.05) is 0 Å². The van der Waals surface area contributed by atoms with Crippen molar-refractivity contribution in [1.82, 2.24) is 0 Å². The number of carboxylic acids is 2. The second-order valence-electron chi connectivity index (χ2n) is 4.05. The Morgan fingerprint density at radius 1 is 0.636 bits per heavy atom. The second kappa shape index (κ2) is 11.2. The van der Waals surface area contributed by atoms with Gasteiger partial charge in [0.2, 0.25) is 0 Å². The molecule has 0 unspecified atom stereocenters. The lowest BCUT2D eigenvalue weighted by atomic mass is 10.1. The summed E-state index contributed by atoms with van der Waals surface area (Å²) in [6.45, 7) is -1.60. The zero-order valence-electron chi connectivity index (χ0n) is 11.2. The van der Waals surface area contributed by atoms with Gasteiger partial charge in [0, 0.05) is 0 Å². The molecule has 0 radical (unpaired) electrons. The highest BCUT2D eigenvalue weighted by molar-refractivity contribution is 5.73. The molecule has 10 N–H and O–H groups in total. The molecule has 0 heterocycles. The molecular formula is C10H20O12. The van der Waals surface area contributed by atoms with Gasteiger partial charge in [-0.3, -0.25) is 0 Å². The molecule has 0 saturated heterocycles. The highest BCUT2D eigenvalue weighted by atomic mass is 16.4. The van der Waals surface area contributed by atoms with Crippen LogP contribution < -0.4 is 0 Å². The average Bonchev–Trinajstić information content (AvgIpc) is 2.50. The van der Waals surface area contributed by atoms with Crippen molar-refractivity contribution in [1.29, 1.82) is 0 Å². The highest BCUT2D eigenvalue weighted by Crippen LogP contribution is 2.00. The summed E-state index contributed by atoms with van der Waals surface area (Å²) in [5.74, 6) is -3.30. The zero-order valence-corrected chi connectivity index (χ0v) is 11.2. The van der Waals surface area contributed by atoms with Gasteiger partial charge < -0.3 is 51.1 Å². The maximum atomic E-state index is 9.96. The third-order valence-corrected chi connectivity index (χ3v) is 2.32. The number of rotatable bonds is 8. The lowest BCUT2D eigenvalue weighted by Gasteiger charge is -2.17. The average molecular weight is 332 g/mol. The van der Waals surface area contributed by atoms with E-state index in [1.54, 1.807) is 0 Å². The molecule has 12 heteroatoms. The van der Waals surface area contributed by atoms with Crippen LogP contribution in [0.15, 0.2) is 0 Å². The number of hydrogen-bond donors (Lipinski definition) is 10. The molecule has 0 fully saturated rings. The van der Waals surface area contributed by atoms with Gasteiger partial charge >= 0.3 is 11.9 Å². The molecule has 0 aromatic carbocycles. The Bertz CT molecular complexity index is 302. The molecule has 0 aromatic heterocycles. The van der Waals surface area contributed by atoms with Gasteiger partial charge in [0.05, 0.1) is 13.2 Å². The van der Waals surface area contributed by atoms with E-state index in [0.717, 1.165) is 0 Å².